The molecular formula is C22H24N4O3. The average molecular weight is 392 g/mol. The highest BCUT2D eigenvalue weighted by Gasteiger charge is 2.27. The minimum atomic E-state index is -0.887. The standard InChI is InChI=1S/C22H24N4O3/c1-24-20(25-10-4-5-11-25)19(15-23-24)21(27)26-12-8-16(9-13-26)14-17-6-2-3-7-18(17)22(28)29/h2-7,10-11,15-16H,8-9,12-14H2,1H3,(H,28,29). The fourth-order valence-corrected chi connectivity index (χ4v) is 4.09. The molecule has 7 heteroatoms. The number of aryl methyl sites for hydroxylation is 1. The van der Waals surface area contributed by atoms with Crippen molar-refractivity contribution in [3.05, 3.63) is 71.7 Å². The van der Waals surface area contributed by atoms with Crippen molar-refractivity contribution >= 4 is 11.9 Å². The van der Waals surface area contributed by atoms with E-state index in [0.29, 0.717) is 30.1 Å². The highest BCUT2D eigenvalue weighted by molar-refractivity contribution is 5.97. The van der Waals surface area contributed by atoms with Crippen LogP contribution in [0, 0.1) is 5.92 Å². The number of nitrogens with zero attached hydrogens (tertiary/aromatic N) is 4. The van der Waals surface area contributed by atoms with Crippen molar-refractivity contribution in [3.8, 4) is 5.82 Å². The minimum Gasteiger partial charge on any atom is -0.478 e. The number of amides is 1. The van der Waals surface area contributed by atoms with Gasteiger partial charge in [0.15, 0.2) is 0 Å². The third kappa shape index (κ3) is 3.81. The van der Waals surface area contributed by atoms with Crippen molar-refractivity contribution in [3.63, 3.8) is 0 Å². The van der Waals surface area contributed by atoms with Crippen LogP contribution in [0.3, 0.4) is 0 Å². The largest absolute Gasteiger partial charge is 0.478 e. The highest BCUT2D eigenvalue weighted by Crippen LogP contribution is 2.25. The molecule has 0 spiro atoms. The van der Waals surface area contributed by atoms with Crippen LogP contribution in [0.1, 0.15) is 39.1 Å². The number of benzene rings is 1. The zero-order valence-corrected chi connectivity index (χ0v) is 16.4. The van der Waals surface area contributed by atoms with Gasteiger partial charge in [0.2, 0.25) is 0 Å². The maximum atomic E-state index is 13.1. The number of hydrogen-bond donors (Lipinski definition) is 1. The van der Waals surface area contributed by atoms with E-state index >= 15 is 0 Å². The van der Waals surface area contributed by atoms with E-state index in [2.05, 4.69) is 5.10 Å². The topological polar surface area (TPSA) is 80.4 Å². The highest BCUT2D eigenvalue weighted by atomic mass is 16.4. The predicted molar refractivity (Wildman–Crippen MR) is 108 cm³/mol. The van der Waals surface area contributed by atoms with E-state index in [1.54, 1.807) is 23.0 Å². The molecule has 7 nitrogen and oxygen atoms in total. The number of likely N-dealkylation sites (tertiary alicyclic amines) is 1. The fourth-order valence-electron chi connectivity index (χ4n) is 4.09. The Labute approximate surface area is 169 Å². The van der Waals surface area contributed by atoms with E-state index in [4.69, 9.17) is 0 Å². The molecule has 150 valence electrons. The quantitative estimate of drug-likeness (QED) is 0.724. The first-order valence-electron chi connectivity index (χ1n) is 9.80. The Hall–Kier alpha value is -3.35. The molecule has 0 bridgehead atoms. The lowest BCUT2D eigenvalue weighted by atomic mass is 9.88. The number of carbonyl (C=O) groups excluding carboxylic acids is 1. The van der Waals surface area contributed by atoms with E-state index in [-0.39, 0.29) is 5.91 Å². The van der Waals surface area contributed by atoms with Crippen LogP contribution in [0.4, 0.5) is 0 Å². The zero-order valence-electron chi connectivity index (χ0n) is 16.4. The Morgan fingerprint density at radius 3 is 2.45 bits per heavy atom. The third-order valence-corrected chi connectivity index (χ3v) is 5.64. The number of carboxylic acids is 1. The number of carboxylic acid groups (broad SMARTS) is 1. The summed E-state index contributed by atoms with van der Waals surface area (Å²) in [6.45, 7) is 1.33. The SMILES string of the molecule is Cn1ncc(C(=O)N2CCC(Cc3ccccc3C(=O)O)CC2)c1-n1cccc1. The van der Waals surface area contributed by atoms with Gasteiger partial charge in [-0.2, -0.15) is 5.10 Å². The number of aromatic carboxylic acids is 1. The van der Waals surface area contributed by atoms with E-state index in [0.717, 1.165) is 30.6 Å². The van der Waals surface area contributed by atoms with Gasteiger partial charge in [-0.15, -0.1) is 0 Å². The van der Waals surface area contributed by atoms with E-state index in [1.165, 1.54) is 0 Å². The first-order chi connectivity index (χ1) is 14.0. The Bertz CT molecular complexity index is 1010. The fraction of sp³-hybridized carbons (Fsp3) is 0.318. The molecule has 0 aliphatic carbocycles. The minimum absolute atomic E-state index is 0.00816. The maximum Gasteiger partial charge on any atom is 0.335 e. The molecule has 0 atom stereocenters. The second-order valence-electron chi connectivity index (χ2n) is 7.50. The summed E-state index contributed by atoms with van der Waals surface area (Å²) in [5, 5.41) is 13.7. The van der Waals surface area contributed by atoms with Crippen LogP contribution in [0.25, 0.3) is 5.82 Å². The Kier molecular flexibility index (Phi) is 5.20. The number of rotatable bonds is 5. The molecule has 29 heavy (non-hydrogen) atoms. The summed E-state index contributed by atoms with van der Waals surface area (Å²) >= 11 is 0. The van der Waals surface area contributed by atoms with Crippen LogP contribution < -0.4 is 0 Å². The van der Waals surface area contributed by atoms with Gasteiger partial charge < -0.3 is 14.6 Å². The van der Waals surface area contributed by atoms with Crippen molar-refractivity contribution in [1.29, 1.82) is 0 Å². The van der Waals surface area contributed by atoms with Gasteiger partial charge in [-0.3, -0.25) is 9.48 Å². The van der Waals surface area contributed by atoms with Crippen LogP contribution in [0.2, 0.25) is 0 Å². The molecule has 1 amide bonds. The molecule has 0 unspecified atom stereocenters. The summed E-state index contributed by atoms with van der Waals surface area (Å²) in [5.41, 5.74) is 1.84. The van der Waals surface area contributed by atoms with E-state index in [1.807, 2.05) is 53.2 Å². The van der Waals surface area contributed by atoms with Crippen LogP contribution in [0.5, 0.6) is 0 Å². The second-order valence-corrected chi connectivity index (χ2v) is 7.50. The number of aromatic nitrogens is 3. The lowest BCUT2D eigenvalue weighted by Gasteiger charge is -2.32. The molecular weight excluding hydrogens is 368 g/mol. The van der Waals surface area contributed by atoms with E-state index < -0.39 is 5.97 Å². The molecule has 0 saturated carbocycles. The van der Waals surface area contributed by atoms with Gasteiger partial charge in [0.05, 0.1) is 11.8 Å². The van der Waals surface area contributed by atoms with Gasteiger partial charge in [0, 0.05) is 32.5 Å². The molecule has 2 aromatic heterocycles. The molecule has 1 N–H and O–H groups in total. The monoisotopic (exact) mass is 392 g/mol. The van der Waals surface area contributed by atoms with Gasteiger partial charge in [-0.25, -0.2) is 4.79 Å². The van der Waals surface area contributed by atoms with Crippen molar-refractivity contribution in [1.82, 2.24) is 19.2 Å². The van der Waals surface area contributed by atoms with Crippen LogP contribution in [-0.4, -0.2) is 49.3 Å². The summed E-state index contributed by atoms with van der Waals surface area (Å²) in [6, 6.07) is 11.0. The normalized spacial score (nSPS) is 14.9. The van der Waals surface area contributed by atoms with Gasteiger partial charge in [0.25, 0.3) is 5.91 Å². The van der Waals surface area contributed by atoms with Crippen molar-refractivity contribution in [2.75, 3.05) is 13.1 Å². The van der Waals surface area contributed by atoms with Crippen molar-refractivity contribution < 1.29 is 14.7 Å². The average Bonchev–Trinajstić information content (AvgIpc) is 3.37. The second kappa shape index (κ2) is 7.95. The number of piperidine rings is 1. The summed E-state index contributed by atoms with van der Waals surface area (Å²) in [5.74, 6) is 0.239. The molecule has 3 heterocycles. The van der Waals surface area contributed by atoms with Crippen LogP contribution in [-0.2, 0) is 13.5 Å². The first kappa shape index (κ1) is 19.0. The van der Waals surface area contributed by atoms with Gasteiger partial charge >= 0.3 is 5.97 Å². The van der Waals surface area contributed by atoms with Crippen LogP contribution in [0.15, 0.2) is 55.0 Å². The Morgan fingerprint density at radius 1 is 1.07 bits per heavy atom. The molecule has 1 fully saturated rings. The lowest BCUT2D eigenvalue weighted by Crippen LogP contribution is -2.39. The van der Waals surface area contributed by atoms with Gasteiger partial charge in [-0.1, -0.05) is 18.2 Å². The maximum absolute atomic E-state index is 13.1. The predicted octanol–water partition coefficient (Wildman–Crippen LogP) is 3.00. The third-order valence-electron chi connectivity index (χ3n) is 5.64. The molecule has 4 rings (SSSR count). The molecule has 1 aromatic carbocycles. The molecule has 0 radical (unpaired) electrons. The van der Waals surface area contributed by atoms with E-state index in [9.17, 15) is 14.7 Å². The van der Waals surface area contributed by atoms with Crippen LogP contribution >= 0.6 is 0 Å². The van der Waals surface area contributed by atoms with Gasteiger partial charge in [0.1, 0.15) is 11.4 Å². The first-order valence-corrected chi connectivity index (χ1v) is 9.80. The van der Waals surface area contributed by atoms with Crippen molar-refractivity contribution in [2.24, 2.45) is 13.0 Å². The molecule has 1 saturated heterocycles. The summed E-state index contributed by atoms with van der Waals surface area (Å²) in [4.78, 5) is 26.4. The van der Waals surface area contributed by atoms with Gasteiger partial charge in [-0.05, 0) is 48.9 Å². The molecule has 1 aliphatic rings. The Balaban J connectivity index is 1.43. The number of hydrogen-bond acceptors (Lipinski definition) is 3. The number of carbonyl (C=O) groups is 2. The molecule has 1 aliphatic heterocycles. The summed E-state index contributed by atoms with van der Waals surface area (Å²) < 4.78 is 3.61. The zero-order chi connectivity index (χ0) is 20.4. The molecule has 3 aromatic rings. The smallest absolute Gasteiger partial charge is 0.335 e. The Morgan fingerprint density at radius 2 is 1.76 bits per heavy atom. The summed E-state index contributed by atoms with van der Waals surface area (Å²) in [7, 11) is 1.83. The summed E-state index contributed by atoms with van der Waals surface area (Å²) in [6.07, 6.45) is 7.89. The lowest BCUT2D eigenvalue weighted by molar-refractivity contribution is 0.0690. The van der Waals surface area contributed by atoms with Crippen molar-refractivity contribution in [2.45, 2.75) is 19.3 Å².